The molecule has 1 N–H and O–H groups in total. The molecule has 0 aliphatic carbocycles. The van der Waals surface area contributed by atoms with Gasteiger partial charge in [0.05, 0.1) is 13.2 Å². The number of nitrogens with zero attached hydrogens (tertiary/aromatic N) is 2. The van der Waals surface area contributed by atoms with Crippen molar-refractivity contribution in [3.8, 4) is 0 Å². The van der Waals surface area contributed by atoms with Crippen LogP contribution in [0.3, 0.4) is 0 Å². The maximum absolute atomic E-state index is 11.2. The summed E-state index contributed by atoms with van der Waals surface area (Å²) in [6.45, 7) is 9.49. The Hall–Kier alpha value is -0.610. The van der Waals surface area contributed by atoms with Crippen molar-refractivity contribution in [1.82, 2.24) is 15.1 Å². The van der Waals surface area contributed by atoms with Gasteiger partial charge in [0.25, 0.3) is 0 Å². The molecule has 0 spiro atoms. The predicted molar refractivity (Wildman–Crippen MR) is 52.4 cm³/mol. The van der Waals surface area contributed by atoms with Crippen molar-refractivity contribution >= 4 is 5.91 Å². The number of carbonyl (C=O) groups is 1. The second-order valence-corrected chi connectivity index (χ2v) is 3.27. The van der Waals surface area contributed by atoms with Crippen LogP contribution < -0.4 is 5.32 Å². The number of amides is 1. The predicted octanol–water partition coefficient (Wildman–Crippen LogP) is -0.282. The second-order valence-electron chi connectivity index (χ2n) is 3.27. The van der Waals surface area contributed by atoms with Gasteiger partial charge in [-0.3, -0.25) is 10.1 Å². The summed E-state index contributed by atoms with van der Waals surface area (Å²) in [4.78, 5) is 15.4. The Balaban J connectivity index is 2.20. The lowest BCUT2D eigenvalue weighted by molar-refractivity contribution is -0.126. The van der Waals surface area contributed by atoms with E-state index in [4.69, 9.17) is 0 Å². The van der Waals surface area contributed by atoms with Crippen molar-refractivity contribution < 1.29 is 4.79 Å². The normalized spacial score (nSPS) is 17.5. The van der Waals surface area contributed by atoms with Gasteiger partial charge in [-0.15, -0.1) is 0 Å². The summed E-state index contributed by atoms with van der Waals surface area (Å²) in [6, 6.07) is 0. The zero-order valence-electron chi connectivity index (χ0n) is 8.55. The van der Waals surface area contributed by atoms with E-state index < -0.39 is 0 Å². The molecule has 0 bridgehead atoms. The number of likely N-dealkylation sites (N-methyl/N-ethyl adjacent to an activating group) is 1. The van der Waals surface area contributed by atoms with Gasteiger partial charge in [0.15, 0.2) is 0 Å². The number of hydrogen-bond donors (Lipinski definition) is 1. The van der Waals surface area contributed by atoms with Crippen molar-refractivity contribution in [2.45, 2.75) is 13.8 Å². The third-order valence-electron chi connectivity index (χ3n) is 2.51. The summed E-state index contributed by atoms with van der Waals surface area (Å²) in [7, 11) is 0. The van der Waals surface area contributed by atoms with Crippen LogP contribution in [0.5, 0.6) is 0 Å². The van der Waals surface area contributed by atoms with E-state index in [-0.39, 0.29) is 5.91 Å². The molecule has 0 atom stereocenters. The van der Waals surface area contributed by atoms with Gasteiger partial charge in [0.2, 0.25) is 5.91 Å². The lowest BCUT2D eigenvalue weighted by atomic mass is 10.4. The monoisotopic (exact) mass is 185 g/mol. The van der Waals surface area contributed by atoms with E-state index in [0.29, 0.717) is 6.54 Å². The molecule has 0 aromatic heterocycles. The molecule has 1 saturated heterocycles. The zero-order valence-corrected chi connectivity index (χ0v) is 8.55. The average molecular weight is 185 g/mol. The molecule has 1 heterocycles. The van der Waals surface area contributed by atoms with Gasteiger partial charge >= 0.3 is 0 Å². The molecule has 1 amide bonds. The second kappa shape index (κ2) is 5.19. The maximum Gasteiger partial charge on any atom is 0.237 e. The molecule has 1 fully saturated rings. The van der Waals surface area contributed by atoms with Gasteiger partial charge in [-0.05, 0) is 13.1 Å². The average Bonchev–Trinajstić information content (AvgIpc) is 2.54. The quantitative estimate of drug-likeness (QED) is 0.640. The largest absolute Gasteiger partial charge is 0.328 e. The molecule has 0 aromatic rings. The summed E-state index contributed by atoms with van der Waals surface area (Å²) in [5, 5.41) is 3.04. The van der Waals surface area contributed by atoms with Crippen LogP contribution in [0.4, 0.5) is 0 Å². The van der Waals surface area contributed by atoms with E-state index in [9.17, 15) is 4.79 Å². The van der Waals surface area contributed by atoms with E-state index >= 15 is 0 Å². The smallest absolute Gasteiger partial charge is 0.237 e. The van der Waals surface area contributed by atoms with Crippen LogP contribution in [-0.2, 0) is 4.79 Å². The standard InChI is InChI=1S/C9H19N3O/c1-3-11(4-2)5-6-12-8-10-7-9(12)13/h10H,3-8H2,1-2H3. The third-order valence-corrected chi connectivity index (χ3v) is 2.51. The van der Waals surface area contributed by atoms with Crippen LogP contribution in [-0.4, -0.2) is 55.1 Å². The first-order chi connectivity index (χ1) is 6.27. The minimum Gasteiger partial charge on any atom is -0.328 e. The topological polar surface area (TPSA) is 35.6 Å². The highest BCUT2D eigenvalue weighted by Crippen LogP contribution is 1.96. The van der Waals surface area contributed by atoms with Gasteiger partial charge in [-0.1, -0.05) is 13.8 Å². The summed E-state index contributed by atoms with van der Waals surface area (Å²) in [6.07, 6.45) is 0. The van der Waals surface area contributed by atoms with E-state index in [1.54, 1.807) is 0 Å². The fourth-order valence-corrected chi connectivity index (χ4v) is 1.50. The first-order valence-electron chi connectivity index (χ1n) is 4.98. The highest BCUT2D eigenvalue weighted by Gasteiger charge is 2.18. The highest BCUT2D eigenvalue weighted by atomic mass is 16.2. The van der Waals surface area contributed by atoms with Crippen molar-refractivity contribution in [2.24, 2.45) is 0 Å². The highest BCUT2D eigenvalue weighted by molar-refractivity contribution is 5.79. The number of nitrogens with one attached hydrogen (secondary N) is 1. The van der Waals surface area contributed by atoms with Gasteiger partial charge in [0.1, 0.15) is 0 Å². The molecule has 0 unspecified atom stereocenters. The Morgan fingerprint density at radius 2 is 2.15 bits per heavy atom. The molecule has 13 heavy (non-hydrogen) atoms. The molecular weight excluding hydrogens is 166 g/mol. The minimum atomic E-state index is 0.229. The molecule has 0 radical (unpaired) electrons. The van der Waals surface area contributed by atoms with Crippen LogP contribution in [0.1, 0.15) is 13.8 Å². The molecule has 4 nitrogen and oxygen atoms in total. The Kier molecular flexibility index (Phi) is 4.18. The van der Waals surface area contributed by atoms with Crippen LogP contribution in [0.25, 0.3) is 0 Å². The summed E-state index contributed by atoms with van der Waals surface area (Å²) >= 11 is 0. The SMILES string of the molecule is CCN(CC)CCN1CNCC1=O. The van der Waals surface area contributed by atoms with E-state index in [1.807, 2.05) is 4.90 Å². The van der Waals surface area contributed by atoms with Gasteiger partial charge < -0.3 is 9.80 Å². The molecule has 0 aromatic carbocycles. The van der Waals surface area contributed by atoms with E-state index in [2.05, 4.69) is 24.1 Å². The fourth-order valence-electron chi connectivity index (χ4n) is 1.50. The van der Waals surface area contributed by atoms with Crippen LogP contribution in [0, 0.1) is 0 Å². The van der Waals surface area contributed by atoms with E-state index in [0.717, 1.165) is 32.8 Å². The van der Waals surface area contributed by atoms with Crippen LogP contribution in [0.2, 0.25) is 0 Å². The van der Waals surface area contributed by atoms with Crippen molar-refractivity contribution in [1.29, 1.82) is 0 Å². The molecule has 1 aliphatic rings. The molecule has 1 rings (SSSR count). The third kappa shape index (κ3) is 2.97. The van der Waals surface area contributed by atoms with Gasteiger partial charge in [0, 0.05) is 13.1 Å². The summed E-state index contributed by atoms with van der Waals surface area (Å²) < 4.78 is 0. The maximum atomic E-state index is 11.2. The first kappa shape index (κ1) is 10.5. The molecular formula is C9H19N3O. The lowest BCUT2D eigenvalue weighted by Crippen LogP contribution is -2.36. The Morgan fingerprint density at radius 3 is 2.62 bits per heavy atom. The summed E-state index contributed by atoms with van der Waals surface area (Å²) in [5.41, 5.74) is 0. The molecule has 1 aliphatic heterocycles. The van der Waals surface area contributed by atoms with Gasteiger partial charge in [-0.25, -0.2) is 0 Å². The lowest BCUT2D eigenvalue weighted by Gasteiger charge is -2.22. The summed E-state index contributed by atoms with van der Waals surface area (Å²) in [5.74, 6) is 0.229. The zero-order chi connectivity index (χ0) is 9.68. The molecule has 76 valence electrons. The Morgan fingerprint density at radius 1 is 1.46 bits per heavy atom. The number of hydrogen-bond acceptors (Lipinski definition) is 3. The Bertz CT molecular complexity index is 168. The van der Waals surface area contributed by atoms with Crippen molar-refractivity contribution in [3.05, 3.63) is 0 Å². The van der Waals surface area contributed by atoms with Crippen molar-refractivity contribution in [3.63, 3.8) is 0 Å². The molecule has 0 saturated carbocycles. The van der Waals surface area contributed by atoms with Gasteiger partial charge in [-0.2, -0.15) is 0 Å². The number of carbonyl (C=O) groups excluding carboxylic acids is 1. The van der Waals surface area contributed by atoms with Crippen LogP contribution in [0.15, 0.2) is 0 Å². The fraction of sp³-hybridized carbons (Fsp3) is 0.889. The molecule has 4 heteroatoms. The van der Waals surface area contributed by atoms with E-state index in [1.165, 1.54) is 0 Å². The van der Waals surface area contributed by atoms with Crippen molar-refractivity contribution in [2.75, 3.05) is 39.4 Å². The first-order valence-corrected chi connectivity index (χ1v) is 4.98. The van der Waals surface area contributed by atoms with Crippen LogP contribution >= 0.6 is 0 Å². The number of rotatable bonds is 5. The minimum absolute atomic E-state index is 0.229. The Labute approximate surface area is 79.9 Å².